The van der Waals surface area contributed by atoms with Gasteiger partial charge < -0.3 is 4.90 Å². The molecule has 0 aliphatic heterocycles. The third-order valence-corrected chi connectivity index (χ3v) is 2.43. The van der Waals surface area contributed by atoms with Crippen molar-refractivity contribution in [2.45, 2.75) is 6.54 Å². The van der Waals surface area contributed by atoms with Crippen molar-refractivity contribution in [1.82, 2.24) is 24.7 Å². The molecule has 0 aliphatic rings. The molecule has 0 N–H and O–H groups in total. The smallest absolute Gasteiger partial charge is 0.231 e. The zero-order chi connectivity index (χ0) is 12.4. The number of halogens is 2. The second-order valence-electron chi connectivity index (χ2n) is 3.55. The maximum atomic E-state index is 5.71. The minimum atomic E-state index is 0.0815. The van der Waals surface area contributed by atoms with Crippen LogP contribution in [0.3, 0.4) is 0 Å². The van der Waals surface area contributed by atoms with Crippen LogP contribution < -0.4 is 4.90 Å². The molecular weight excluding hydrogens is 263 g/mol. The van der Waals surface area contributed by atoms with E-state index in [4.69, 9.17) is 23.2 Å². The van der Waals surface area contributed by atoms with Gasteiger partial charge in [-0.2, -0.15) is 20.1 Å². The van der Waals surface area contributed by atoms with Crippen LogP contribution >= 0.6 is 23.2 Å². The standard InChI is InChI=1S/C9H10Cl2N6/c1-16(4-6-3-12-17(2)5-6)9-14-7(10)13-8(11)15-9/h3,5H,4H2,1-2H3. The second kappa shape index (κ2) is 4.85. The van der Waals surface area contributed by atoms with Crippen LogP contribution in [0, 0.1) is 0 Å². The van der Waals surface area contributed by atoms with E-state index >= 15 is 0 Å². The highest BCUT2D eigenvalue weighted by Crippen LogP contribution is 2.14. The normalized spacial score (nSPS) is 10.6. The molecule has 0 unspecified atom stereocenters. The molecule has 8 heteroatoms. The number of aryl methyl sites for hydroxylation is 1. The lowest BCUT2D eigenvalue weighted by molar-refractivity contribution is 0.766. The predicted octanol–water partition coefficient (Wildman–Crippen LogP) is 1.55. The third kappa shape index (κ3) is 3.04. The lowest BCUT2D eigenvalue weighted by atomic mass is 10.3. The maximum Gasteiger partial charge on any atom is 0.231 e. The molecule has 0 bridgehead atoms. The summed E-state index contributed by atoms with van der Waals surface area (Å²) in [5, 5.41) is 4.25. The Labute approximate surface area is 108 Å². The first-order valence-electron chi connectivity index (χ1n) is 4.80. The van der Waals surface area contributed by atoms with Gasteiger partial charge in [0.1, 0.15) is 0 Å². The fourth-order valence-corrected chi connectivity index (χ4v) is 1.74. The molecule has 0 aliphatic carbocycles. The SMILES string of the molecule is CN(Cc1cnn(C)c1)c1nc(Cl)nc(Cl)n1. The Morgan fingerprint density at radius 3 is 2.41 bits per heavy atom. The monoisotopic (exact) mass is 272 g/mol. The molecule has 6 nitrogen and oxygen atoms in total. The molecule has 0 spiro atoms. The van der Waals surface area contributed by atoms with E-state index in [1.165, 1.54) is 0 Å². The Balaban J connectivity index is 2.16. The molecule has 0 aromatic carbocycles. The molecule has 0 atom stereocenters. The molecule has 0 amide bonds. The number of nitrogens with zero attached hydrogens (tertiary/aromatic N) is 6. The van der Waals surface area contributed by atoms with E-state index in [2.05, 4.69) is 20.1 Å². The lowest BCUT2D eigenvalue weighted by Gasteiger charge is -2.15. The van der Waals surface area contributed by atoms with Crippen molar-refractivity contribution in [3.63, 3.8) is 0 Å². The van der Waals surface area contributed by atoms with Crippen LogP contribution in [0.15, 0.2) is 12.4 Å². The van der Waals surface area contributed by atoms with Gasteiger partial charge in [0.2, 0.25) is 16.5 Å². The topological polar surface area (TPSA) is 59.7 Å². The summed E-state index contributed by atoms with van der Waals surface area (Å²) in [6.45, 7) is 0.616. The van der Waals surface area contributed by atoms with E-state index in [0.717, 1.165) is 5.56 Å². The van der Waals surface area contributed by atoms with Gasteiger partial charge in [-0.25, -0.2) is 0 Å². The van der Waals surface area contributed by atoms with Crippen molar-refractivity contribution in [3.05, 3.63) is 28.5 Å². The van der Waals surface area contributed by atoms with Gasteiger partial charge in [-0.15, -0.1) is 0 Å². The van der Waals surface area contributed by atoms with Gasteiger partial charge in [0, 0.05) is 32.4 Å². The van der Waals surface area contributed by atoms with E-state index < -0.39 is 0 Å². The van der Waals surface area contributed by atoms with E-state index in [-0.39, 0.29) is 10.6 Å². The highest BCUT2D eigenvalue weighted by Gasteiger charge is 2.09. The van der Waals surface area contributed by atoms with Crippen molar-refractivity contribution in [2.75, 3.05) is 11.9 Å². The Hall–Kier alpha value is -1.40. The van der Waals surface area contributed by atoms with Crippen molar-refractivity contribution in [1.29, 1.82) is 0 Å². The Morgan fingerprint density at radius 2 is 1.88 bits per heavy atom. The Kier molecular flexibility index (Phi) is 3.44. The van der Waals surface area contributed by atoms with Gasteiger partial charge in [-0.3, -0.25) is 4.68 Å². The molecule has 0 saturated heterocycles. The van der Waals surface area contributed by atoms with Crippen molar-refractivity contribution in [3.8, 4) is 0 Å². The summed E-state index contributed by atoms with van der Waals surface area (Å²) in [7, 11) is 3.70. The molecule has 2 aromatic rings. The average molecular weight is 273 g/mol. The summed E-state index contributed by atoms with van der Waals surface area (Å²) in [4.78, 5) is 13.5. The highest BCUT2D eigenvalue weighted by atomic mass is 35.5. The summed E-state index contributed by atoms with van der Waals surface area (Å²) in [5.74, 6) is 0.429. The maximum absolute atomic E-state index is 5.71. The van der Waals surface area contributed by atoms with Crippen molar-refractivity contribution in [2.24, 2.45) is 7.05 Å². The lowest BCUT2D eigenvalue weighted by Crippen LogP contribution is -2.19. The number of rotatable bonds is 3. The number of hydrogen-bond acceptors (Lipinski definition) is 5. The van der Waals surface area contributed by atoms with Crippen LogP contribution in [0.1, 0.15) is 5.56 Å². The molecule has 2 rings (SSSR count). The van der Waals surface area contributed by atoms with Gasteiger partial charge in [-0.05, 0) is 23.2 Å². The largest absolute Gasteiger partial charge is 0.339 e. The van der Waals surface area contributed by atoms with Crippen molar-refractivity contribution >= 4 is 29.2 Å². The van der Waals surface area contributed by atoms with Crippen LogP contribution in [0.4, 0.5) is 5.95 Å². The van der Waals surface area contributed by atoms with Gasteiger partial charge in [0.15, 0.2) is 0 Å². The minimum absolute atomic E-state index is 0.0815. The van der Waals surface area contributed by atoms with Crippen LogP contribution in [-0.4, -0.2) is 31.8 Å². The summed E-state index contributed by atoms with van der Waals surface area (Å²) in [6, 6.07) is 0. The zero-order valence-corrected chi connectivity index (χ0v) is 10.8. The Bertz CT molecular complexity index is 506. The Morgan fingerprint density at radius 1 is 1.24 bits per heavy atom. The first-order valence-corrected chi connectivity index (χ1v) is 5.56. The molecular formula is C9H10Cl2N6. The number of hydrogen-bond donors (Lipinski definition) is 0. The van der Waals surface area contributed by atoms with Crippen LogP contribution in [0.5, 0.6) is 0 Å². The van der Waals surface area contributed by atoms with E-state index in [0.29, 0.717) is 12.5 Å². The number of aromatic nitrogens is 5. The summed E-state index contributed by atoms with van der Waals surface area (Å²) in [6.07, 6.45) is 3.70. The van der Waals surface area contributed by atoms with E-state index in [1.54, 1.807) is 10.9 Å². The first kappa shape index (κ1) is 12.1. The van der Waals surface area contributed by atoms with Crippen LogP contribution in [0.25, 0.3) is 0 Å². The minimum Gasteiger partial charge on any atom is -0.339 e. The van der Waals surface area contributed by atoms with E-state index in [1.807, 2.05) is 25.2 Å². The van der Waals surface area contributed by atoms with Gasteiger partial charge in [0.25, 0.3) is 0 Å². The second-order valence-corrected chi connectivity index (χ2v) is 4.23. The fraction of sp³-hybridized carbons (Fsp3) is 0.333. The average Bonchev–Trinajstić information content (AvgIpc) is 2.62. The van der Waals surface area contributed by atoms with Crippen molar-refractivity contribution < 1.29 is 0 Å². The highest BCUT2D eigenvalue weighted by molar-refractivity contribution is 6.31. The molecule has 17 heavy (non-hydrogen) atoms. The molecule has 2 aromatic heterocycles. The number of anilines is 1. The van der Waals surface area contributed by atoms with Gasteiger partial charge >= 0.3 is 0 Å². The van der Waals surface area contributed by atoms with Gasteiger partial charge in [0.05, 0.1) is 6.20 Å². The zero-order valence-electron chi connectivity index (χ0n) is 9.30. The first-order chi connectivity index (χ1) is 8.04. The van der Waals surface area contributed by atoms with Crippen LogP contribution in [0.2, 0.25) is 10.6 Å². The summed E-state index contributed by atoms with van der Waals surface area (Å²) in [5.41, 5.74) is 1.04. The molecule has 0 radical (unpaired) electrons. The van der Waals surface area contributed by atoms with Crippen LogP contribution in [-0.2, 0) is 13.6 Å². The van der Waals surface area contributed by atoms with E-state index in [9.17, 15) is 0 Å². The predicted molar refractivity (Wildman–Crippen MR) is 65.2 cm³/mol. The van der Waals surface area contributed by atoms with Gasteiger partial charge in [-0.1, -0.05) is 0 Å². The molecule has 2 heterocycles. The molecule has 90 valence electrons. The fourth-order valence-electron chi connectivity index (χ4n) is 1.38. The quantitative estimate of drug-likeness (QED) is 0.849. The summed E-state index contributed by atoms with van der Waals surface area (Å²) < 4.78 is 1.73. The molecule has 0 fully saturated rings. The molecule has 0 saturated carbocycles. The summed E-state index contributed by atoms with van der Waals surface area (Å²) >= 11 is 11.4. The third-order valence-electron chi connectivity index (χ3n) is 2.09.